The van der Waals surface area contributed by atoms with Crippen LogP contribution in [0.5, 0.6) is 17.2 Å². The number of hydrogen-bond donors (Lipinski definition) is 2. The van der Waals surface area contributed by atoms with E-state index in [9.17, 15) is 14.7 Å². The number of aliphatic carboxylic acids is 1. The van der Waals surface area contributed by atoms with E-state index in [-0.39, 0.29) is 22.3 Å². The van der Waals surface area contributed by atoms with Gasteiger partial charge in [0.15, 0.2) is 23.9 Å². The van der Waals surface area contributed by atoms with Crippen molar-refractivity contribution in [2.24, 2.45) is 0 Å². The Balaban J connectivity index is 2.10. The number of carboxylic acid groups (broad SMARTS) is 1. The van der Waals surface area contributed by atoms with Crippen molar-refractivity contribution in [1.29, 1.82) is 0 Å². The minimum atomic E-state index is -1.08. The lowest BCUT2D eigenvalue weighted by molar-refractivity contribution is -0.139. The summed E-state index contributed by atoms with van der Waals surface area (Å²) < 4.78 is 10.0. The molecule has 2 aromatic carbocycles. The summed E-state index contributed by atoms with van der Waals surface area (Å²) in [5, 5.41) is 18.3. The summed E-state index contributed by atoms with van der Waals surface area (Å²) in [7, 11) is 1.40. The lowest BCUT2D eigenvalue weighted by Gasteiger charge is -2.06. The van der Waals surface area contributed by atoms with E-state index >= 15 is 0 Å². The van der Waals surface area contributed by atoms with E-state index in [0.29, 0.717) is 16.9 Å². The zero-order valence-electron chi connectivity index (χ0n) is 13.2. The van der Waals surface area contributed by atoms with Gasteiger partial charge in [-0.2, -0.15) is 0 Å². The maximum atomic E-state index is 12.2. The van der Waals surface area contributed by atoms with Crippen molar-refractivity contribution in [3.63, 3.8) is 0 Å². The zero-order valence-corrected chi connectivity index (χ0v) is 14.0. The Bertz CT molecular complexity index is 811. The minimum Gasteiger partial charge on any atom is -0.503 e. The molecule has 2 rings (SSSR count). The zero-order chi connectivity index (χ0) is 18.4. The quantitative estimate of drug-likeness (QED) is 0.579. The van der Waals surface area contributed by atoms with Crippen LogP contribution in [0.3, 0.4) is 0 Å². The fraction of sp³-hybridized carbons (Fsp3) is 0.111. The maximum Gasteiger partial charge on any atom is 0.341 e. The first-order valence-corrected chi connectivity index (χ1v) is 7.52. The van der Waals surface area contributed by atoms with E-state index in [1.165, 1.54) is 43.5 Å². The van der Waals surface area contributed by atoms with Crippen molar-refractivity contribution in [1.82, 2.24) is 0 Å². The molecule has 0 spiro atoms. The number of allylic oxidation sites excluding steroid dienone is 1. The van der Waals surface area contributed by atoms with Crippen LogP contribution in [0.2, 0.25) is 5.02 Å². The van der Waals surface area contributed by atoms with Crippen molar-refractivity contribution in [3.8, 4) is 17.2 Å². The highest BCUT2D eigenvalue weighted by Gasteiger charge is 2.08. The SMILES string of the molecule is COc1cc(/C=C/C(=O)c2ccc(OCC(=O)O)cc2)cc(Cl)c1O. The second kappa shape index (κ2) is 8.21. The minimum absolute atomic E-state index is 0.117. The van der Waals surface area contributed by atoms with Crippen LogP contribution in [0.15, 0.2) is 42.5 Å². The number of ketones is 1. The van der Waals surface area contributed by atoms with Crippen LogP contribution in [-0.2, 0) is 4.79 Å². The van der Waals surface area contributed by atoms with Crippen LogP contribution in [0.25, 0.3) is 6.08 Å². The van der Waals surface area contributed by atoms with Crippen LogP contribution >= 0.6 is 11.6 Å². The van der Waals surface area contributed by atoms with Gasteiger partial charge < -0.3 is 19.7 Å². The first-order valence-electron chi connectivity index (χ1n) is 7.14. The summed E-state index contributed by atoms with van der Waals surface area (Å²) >= 11 is 5.89. The standard InChI is InChI=1S/C18H15ClO6/c1-24-16-9-11(8-14(19)18(16)23)2-7-15(20)12-3-5-13(6-4-12)25-10-17(21)22/h2-9,23H,10H2,1H3,(H,21,22)/b7-2+. The Kier molecular flexibility index (Phi) is 6.03. The summed E-state index contributed by atoms with van der Waals surface area (Å²) in [6, 6.07) is 9.16. The Morgan fingerprint density at radius 1 is 1.20 bits per heavy atom. The summed E-state index contributed by atoms with van der Waals surface area (Å²) in [6.45, 7) is -0.448. The smallest absolute Gasteiger partial charge is 0.341 e. The van der Waals surface area contributed by atoms with Crippen LogP contribution in [0.1, 0.15) is 15.9 Å². The predicted octanol–water partition coefficient (Wildman–Crippen LogP) is 3.41. The van der Waals surface area contributed by atoms with E-state index in [0.717, 1.165) is 0 Å². The number of phenols is 1. The average molecular weight is 363 g/mol. The van der Waals surface area contributed by atoms with Gasteiger partial charge in [-0.3, -0.25) is 4.79 Å². The highest BCUT2D eigenvalue weighted by molar-refractivity contribution is 6.32. The van der Waals surface area contributed by atoms with Crippen molar-refractivity contribution >= 4 is 29.4 Å². The van der Waals surface area contributed by atoms with Gasteiger partial charge in [-0.25, -0.2) is 4.79 Å². The molecule has 6 nitrogen and oxygen atoms in total. The summed E-state index contributed by atoms with van der Waals surface area (Å²) in [5.74, 6) is -0.930. The molecule has 0 unspecified atom stereocenters. The molecule has 7 heteroatoms. The highest BCUT2D eigenvalue weighted by atomic mass is 35.5. The Labute approximate surface area is 148 Å². The molecule has 0 bridgehead atoms. The molecule has 0 saturated heterocycles. The lowest BCUT2D eigenvalue weighted by atomic mass is 10.1. The number of carboxylic acids is 1. The van der Waals surface area contributed by atoms with Gasteiger partial charge in [-0.05, 0) is 48.0 Å². The maximum absolute atomic E-state index is 12.2. The van der Waals surface area contributed by atoms with Crippen LogP contribution in [0, 0.1) is 0 Å². The number of carbonyl (C=O) groups is 2. The number of halogens is 1. The number of aromatic hydroxyl groups is 1. The molecule has 2 aromatic rings. The van der Waals surface area contributed by atoms with Crippen molar-refractivity contribution in [2.45, 2.75) is 0 Å². The molecule has 0 aromatic heterocycles. The molecule has 0 amide bonds. The first-order chi connectivity index (χ1) is 11.9. The van der Waals surface area contributed by atoms with Gasteiger partial charge in [0.2, 0.25) is 0 Å². The number of carbonyl (C=O) groups excluding carboxylic acids is 1. The van der Waals surface area contributed by atoms with Gasteiger partial charge in [-0.15, -0.1) is 0 Å². The molecule has 0 aliphatic rings. The number of ether oxygens (including phenoxy) is 2. The van der Waals surface area contributed by atoms with Crippen molar-refractivity contribution < 1.29 is 29.3 Å². The average Bonchev–Trinajstić information content (AvgIpc) is 2.60. The van der Waals surface area contributed by atoms with Gasteiger partial charge >= 0.3 is 5.97 Å². The first kappa shape index (κ1) is 18.4. The summed E-state index contributed by atoms with van der Waals surface area (Å²) in [4.78, 5) is 22.6. The van der Waals surface area contributed by atoms with Crippen molar-refractivity contribution in [2.75, 3.05) is 13.7 Å². The van der Waals surface area contributed by atoms with E-state index in [1.807, 2.05) is 0 Å². The third kappa shape index (κ3) is 4.99. The molecule has 0 atom stereocenters. The molecule has 0 aliphatic carbocycles. The van der Waals surface area contributed by atoms with Crippen LogP contribution in [0.4, 0.5) is 0 Å². The van der Waals surface area contributed by atoms with E-state index in [2.05, 4.69) is 0 Å². The topological polar surface area (TPSA) is 93.1 Å². The summed E-state index contributed by atoms with van der Waals surface area (Å²) in [6.07, 6.45) is 2.90. The third-order valence-electron chi connectivity index (χ3n) is 3.20. The van der Waals surface area contributed by atoms with Crippen LogP contribution < -0.4 is 9.47 Å². The Morgan fingerprint density at radius 2 is 1.88 bits per heavy atom. The van der Waals surface area contributed by atoms with Gasteiger partial charge in [0.25, 0.3) is 0 Å². The molecule has 0 saturated carbocycles. The van der Waals surface area contributed by atoms with E-state index < -0.39 is 12.6 Å². The third-order valence-corrected chi connectivity index (χ3v) is 3.49. The van der Waals surface area contributed by atoms with Gasteiger partial charge in [0.1, 0.15) is 5.75 Å². The van der Waals surface area contributed by atoms with Gasteiger partial charge in [-0.1, -0.05) is 17.7 Å². The number of hydrogen-bond acceptors (Lipinski definition) is 5. The number of rotatable bonds is 7. The lowest BCUT2D eigenvalue weighted by Crippen LogP contribution is -2.09. The largest absolute Gasteiger partial charge is 0.503 e. The molecule has 0 radical (unpaired) electrons. The molecule has 2 N–H and O–H groups in total. The van der Waals surface area contributed by atoms with Crippen molar-refractivity contribution in [3.05, 3.63) is 58.6 Å². The predicted molar refractivity (Wildman–Crippen MR) is 92.6 cm³/mol. The second-order valence-corrected chi connectivity index (χ2v) is 5.37. The molecule has 0 aliphatic heterocycles. The molecule has 25 heavy (non-hydrogen) atoms. The highest BCUT2D eigenvalue weighted by Crippen LogP contribution is 2.35. The van der Waals surface area contributed by atoms with Gasteiger partial charge in [0, 0.05) is 5.56 Å². The Hall–Kier alpha value is -2.99. The van der Waals surface area contributed by atoms with Crippen LogP contribution in [-0.4, -0.2) is 35.7 Å². The number of benzene rings is 2. The fourth-order valence-electron chi connectivity index (χ4n) is 1.97. The van der Waals surface area contributed by atoms with E-state index in [1.54, 1.807) is 12.1 Å². The molecular weight excluding hydrogens is 348 g/mol. The molecular formula is C18H15ClO6. The van der Waals surface area contributed by atoms with Gasteiger partial charge in [0.05, 0.1) is 12.1 Å². The summed E-state index contributed by atoms with van der Waals surface area (Å²) in [5.41, 5.74) is 1.00. The molecule has 0 fully saturated rings. The normalized spacial score (nSPS) is 10.6. The van der Waals surface area contributed by atoms with E-state index in [4.69, 9.17) is 26.2 Å². The number of phenolic OH excluding ortho intramolecular Hbond substituents is 1. The Morgan fingerprint density at radius 3 is 2.48 bits per heavy atom. The monoisotopic (exact) mass is 362 g/mol. The molecule has 0 heterocycles. The fourth-order valence-corrected chi connectivity index (χ4v) is 2.19. The molecule has 130 valence electrons. The second-order valence-electron chi connectivity index (χ2n) is 4.96. The number of methoxy groups -OCH3 is 1.